The van der Waals surface area contributed by atoms with Gasteiger partial charge in [0.1, 0.15) is 5.52 Å². The number of nitrogens with zero attached hydrogens (tertiary/aromatic N) is 1. The molecule has 0 radical (unpaired) electrons. The quantitative estimate of drug-likeness (QED) is 0.773. The van der Waals surface area contributed by atoms with Gasteiger partial charge in [-0.1, -0.05) is 62.4 Å². The third-order valence-electron chi connectivity index (χ3n) is 2.94. The van der Waals surface area contributed by atoms with Gasteiger partial charge in [0.25, 0.3) is 0 Å². The molecule has 0 atom stereocenters. The predicted octanol–water partition coefficient (Wildman–Crippen LogP) is 4.40. The molecule has 0 saturated heterocycles. The van der Waals surface area contributed by atoms with E-state index in [9.17, 15) is 0 Å². The first-order valence-corrected chi connectivity index (χ1v) is 7.18. The van der Waals surface area contributed by atoms with Crippen LogP contribution in [-0.2, 0) is 6.42 Å². The SMILES string of the molecule is CC.N/C(=C\Cc1nc2ccccc2o1)c1ccccc1. The molecule has 3 heteroatoms. The zero-order chi connectivity index (χ0) is 15.1. The highest BCUT2D eigenvalue weighted by atomic mass is 16.3. The normalized spacial score (nSPS) is 11.0. The molecule has 108 valence electrons. The van der Waals surface area contributed by atoms with Gasteiger partial charge in [0.05, 0.1) is 0 Å². The highest BCUT2D eigenvalue weighted by molar-refractivity contribution is 5.72. The maximum atomic E-state index is 6.03. The maximum absolute atomic E-state index is 6.03. The Morgan fingerprint density at radius 2 is 1.71 bits per heavy atom. The van der Waals surface area contributed by atoms with Gasteiger partial charge in [-0.25, -0.2) is 4.98 Å². The highest BCUT2D eigenvalue weighted by Gasteiger charge is 2.03. The second-order valence-electron chi connectivity index (χ2n) is 4.30. The number of para-hydroxylation sites is 2. The molecule has 0 saturated carbocycles. The lowest BCUT2D eigenvalue weighted by molar-refractivity contribution is 0.547. The Balaban J connectivity index is 0.000000774. The van der Waals surface area contributed by atoms with Gasteiger partial charge in [-0.2, -0.15) is 0 Å². The van der Waals surface area contributed by atoms with Gasteiger partial charge in [-0.15, -0.1) is 0 Å². The van der Waals surface area contributed by atoms with Crippen molar-refractivity contribution >= 4 is 16.8 Å². The Labute approximate surface area is 125 Å². The van der Waals surface area contributed by atoms with Crippen molar-refractivity contribution in [1.29, 1.82) is 0 Å². The Morgan fingerprint density at radius 1 is 1.05 bits per heavy atom. The molecule has 1 heterocycles. The van der Waals surface area contributed by atoms with Crippen molar-refractivity contribution in [2.24, 2.45) is 5.73 Å². The second kappa shape index (κ2) is 7.29. The summed E-state index contributed by atoms with van der Waals surface area (Å²) in [4.78, 5) is 4.41. The molecule has 0 unspecified atom stereocenters. The number of rotatable bonds is 3. The lowest BCUT2D eigenvalue weighted by Gasteiger charge is -1.99. The molecule has 2 aromatic carbocycles. The average molecular weight is 280 g/mol. The first kappa shape index (κ1) is 14.9. The molecule has 0 aliphatic rings. The summed E-state index contributed by atoms with van der Waals surface area (Å²) in [6, 6.07) is 17.6. The van der Waals surface area contributed by atoms with Gasteiger partial charge in [0.15, 0.2) is 11.5 Å². The van der Waals surface area contributed by atoms with Crippen molar-refractivity contribution in [3.63, 3.8) is 0 Å². The van der Waals surface area contributed by atoms with Gasteiger partial charge < -0.3 is 10.2 Å². The summed E-state index contributed by atoms with van der Waals surface area (Å²) in [5, 5.41) is 0. The van der Waals surface area contributed by atoms with Crippen molar-refractivity contribution in [3.8, 4) is 0 Å². The molecule has 3 aromatic rings. The van der Waals surface area contributed by atoms with E-state index in [-0.39, 0.29) is 0 Å². The highest BCUT2D eigenvalue weighted by Crippen LogP contribution is 2.16. The number of nitrogens with two attached hydrogens (primary N) is 1. The van der Waals surface area contributed by atoms with Gasteiger partial charge in [-0.05, 0) is 17.7 Å². The molecular formula is C18H20N2O. The largest absolute Gasteiger partial charge is 0.440 e. The van der Waals surface area contributed by atoms with Crippen LogP contribution in [0.3, 0.4) is 0 Å². The van der Waals surface area contributed by atoms with Crippen LogP contribution in [0.5, 0.6) is 0 Å². The molecular weight excluding hydrogens is 260 g/mol. The number of hydrogen-bond acceptors (Lipinski definition) is 3. The van der Waals surface area contributed by atoms with Gasteiger partial charge in [0.2, 0.25) is 0 Å². The minimum Gasteiger partial charge on any atom is -0.440 e. The minimum atomic E-state index is 0.593. The molecule has 0 aliphatic heterocycles. The summed E-state index contributed by atoms with van der Waals surface area (Å²) < 4.78 is 5.64. The standard InChI is InChI=1S/C16H14N2O.C2H6/c17-13(12-6-2-1-3-7-12)10-11-16-18-14-8-4-5-9-15(14)19-16;1-2/h1-10H,11,17H2;1-2H3/b13-10-;. The fourth-order valence-electron chi connectivity index (χ4n) is 1.95. The van der Waals surface area contributed by atoms with Crippen molar-refractivity contribution in [2.45, 2.75) is 20.3 Å². The Morgan fingerprint density at radius 3 is 2.43 bits per heavy atom. The van der Waals surface area contributed by atoms with E-state index in [1.807, 2.05) is 74.5 Å². The Kier molecular flexibility index (Phi) is 5.16. The van der Waals surface area contributed by atoms with Crippen molar-refractivity contribution in [2.75, 3.05) is 0 Å². The van der Waals surface area contributed by atoms with Crippen molar-refractivity contribution in [3.05, 3.63) is 72.1 Å². The van der Waals surface area contributed by atoms with Crippen LogP contribution in [0.4, 0.5) is 0 Å². The third-order valence-corrected chi connectivity index (χ3v) is 2.94. The number of aromatic nitrogens is 1. The Bertz CT molecular complexity index is 681. The predicted molar refractivity (Wildman–Crippen MR) is 87.7 cm³/mol. The molecule has 0 aliphatic carbocycles. The van der Waals surface area contributed by atoms with Gasteiger partial charge >= 0.3 is 0 Å². The van der Waals surface area contributed by atoms with Crippen LogP contribution in [0.25, 0.3) is 16.8 Å². The summed E-state index contributed by atoms with van der Waals surface area (Å²) in [5.41, 5.74) is 9.47. The van der Waals surface area contributed by atoms with E-state index in [0.29, 0.717) is 12.3 Å². The van der Waals surface area contributed by atoms with Crippen molar-refractivity contribution in [1.82, 2.24) is 4.98 Å². The van der Waals surface area contributed by atoms with E-state index >= 15 is 0 Å². The molecule has 0 bridgehead atoms. The molecule has 0 amide bonds. The smallest absolute Gasteiger partial charge is 0.199 e. The number of oxazole rings is 1. The van der Waals surface area contributed by atoms with Gasteiger partial charge in [0, 0.05) is 12.1 Å². The Hall–Kier alpha value is -2.55. The van der Waals surface area contributed by atoms with E-state index in [4.69, 9.17) is 10.2 Å². The zero-order valence-corrected chi connectivity index (χ0v) is 12.4. The van der Waals surface area contributed by atoms with E-state index < -0.39 is 0 Å². The van der Waals surface area contributed by atoms with Crippen LogP contribution in [0.2, 0.25) is 0 Å². The number of fused-ring (bicyclic) bond motifs is 1. The van der Waals surface area contributed by atoms with Crippen LogP contribution >= 0.6 is 0 Å². The maximum Gasteiger partial charge on any atom is 0.199 e. The summed E-state index contributed by atoms with van der Waals surface area (Å²) in [5.74, 6) is 0.681. The van der Waals surface area contributed by atoms with E-state index in [2.05, 4.69) is 4.98 Å². The first-order valence-electron chi connectivity index (χ1n) is 7.18. The fourth-order valence-corrected chi connectivity index (χ4v) is 1.95. The zero-order valence-electron chi connectivity index (χ0n) is 12.4. The molecule has 0 spiro atoms. The van der Waals surface area contributed by atoms with E-state index in [1.54, 1.807) is 0 Å². The van der Waals surface area contributed by atoms with E-state index in [1.165, 1.54) is 0 Å². The number of benzene rings is 2. The van der Waals surface area contributed by atoms with Crippen LogP contribution in [0, 0.1) is 0 Å². The lowest BCUT2D eigenvalue weighted by Crippen LogP contribution is -1.96. The minimum absolute atomic E-state index is 0.593. The molecule has 0 fully saturated rings. The van der Waals surface area contributed by atoms with Crippen LogP contribution in [0.15, 0.2) is 65.1 Å². The van der Waals surface area contributed by atoms with Crippen molar-refractivity contribution < 1.29 is 4.42 Å². The summed E-state index contributed by atoms with van der Waals surface area (Å²) in [7, 11) is 0. The summed E-state index contributed by atoms with van der Waals surface area (Å²) in [6.45, 7) is 4.00. The summed E-state index contributed by atoms with van der Waals surface area (Å²) in [6.07, 6.45) is 2.52. The monoisotopic (exact) mass is 280 g/mol. The second-order valence-corrected chi connectivity index (χ2v) is 4.30. The van der Waals surface area contributed by atoms with Crippen LogP contribution in [-0.4, -0.2) is 4.98 Å². The number of hydrogen-bond donors (Lipinski definition) is 1. The third kappa shape index (κ3) is 3.72. The molecule has 3 nitrogen and oxygen atoms in total. The fraction of sp³-hybridized carbons (Fsp3) is 0.167. The molecule has 1 aromatic heterocycles. The van der Waals surface area contributed by atoms with Crippen LogP contribution in [0.1, 0.15) is 25.3 Å². The van der Waals surface area contributed by atoms with Gasteiger partial charge in [-0.3, -0.25) is 0 Å². The van der Waals surface area contributed by atoms with Crippen LogP contribution < -0.4 is 5.73 Å². The van der Waals surface area contributed by atoms with E-state index in [0.717, 1.165) is 22.4 Å². The molecule has 2 N–H and O–H groups in total. The lowest BCUT2D eigenvalue weighted by atomic mass is 10.1. The molecule has 3 rings (SSSR count). The summed E-state index contributed by atoms with van der Waals surface area (Å²) >= 11 is 0. The topological polar surface area (TPSA) is 52.0 Å². The first-order chi connectivity index (χ1) is 10.3. The molecule has 21 heavy (non-hydrogen) atoms. The number of allylic oxidation sites excluding steroid dienone is 1. The average Bonchev–Trinajstić information content (AvgIpc) is 2.98.